The lowest BCUT2D eigenvalue weighted by molar-refractivity contribution is 0.101. The van der Waals surface area contributed by atoms with Crippen molar-refractivity contribution in [2.75, 3.05) is 10.6 Å². The number of aryl methyl sites for hydroxylation is 2. The fraction of sp³-hybridized carbons (Fsp3) is 0.0714. The first-order valence-corrected chi connectivity index (χ1v) is 10.9. The lowest BCUT2D eigenvalue weighted by Crippen LogP contribution is -2.16. The van der Waals surface area contributed by atoms with Gasteiger partial charge in [-0.15, -0.1) is 0 Å². The van der Waals surface area contributed by atoms with Crippen molar-refractivity contribution in [3.05, 3.63) is 113 Å². The minimum absolute atomic E-state index is 0.218. The molecule has 0 unspecified atom stereocenters. The number of hydrogen-bond donors (Lipinski definition) is 2. The molecule has 35 heavy (non-hydrogen) atoms. The van der Waals surface area contributed by atoms with E-state index in [2.05, 4.69) is 15.6 Å². The normalized spacial score (nSPS) is 10.2. The van der Waals surface area contributed by atoms with E-state index in [4.69, 9.17) is 4.74 Å². The summed E-state index contributed by atoms with van der Waals surface area (Å²) < 4.78 is 5.74. The molecule has 0 spiro atoms. The highest BCUT2D eigenvalue weighted by molar-refractivity contribution is 6.08. The van der Waals surface area contributed by atoms with Crippen LogP contribution in [-0.2, 0) is 0 Å². The number of carbonyl (C=O) groups is 2. The summed E-state index contributed by atoms with van der Waals surface area (Å²) in [5, 5.41) is 15.0. The summed E-state index contributed by atoms with van der Waals surface area (Å²) in [4.78, 5) is 29.6. The number of nitriles is 1. The largest absolute Gasteiger partial charge is 0.438 e. The molecular formula is C28H22N4O3. The Labute approximate surface area is 203 Å². The van der Waals surface area contributed by atoms with Gasteiger partial charge in [-0.05, 0) is 79.6 Å². The van der Waals surface area contributed by atoms with Gasteiger partial charge in [0.2, 0.25) is 5.88 Å². The molecular weight excluding hydrogens is 440 g/mol. The molecule has 172 valence electrons. The van der Waals surface area contributed by atoms with Crippen LogP contribution in [0.4, 0.5) is 11.4 Å². The Morgan fingerprint density at radius 1 is 0.800 bits per heavy atom. The zero-order valence-electron chi connectivity index (χ0n) is 19.2. The van der Waals surface area contributed by atoms with Crippen molar-refractivity contribution in [1.29, 1.82) is 5.26 Å². The number of carbonyl (C=O) groups excluding carboxylic acids is 2. The molecule has 4 aromatic rings. The van der Waals surface area contributed by atoms with E-state index in [0.29, 0.717) is 33.8 Å². The molecule has 0 saturated heterocycles. The van der Waals surface area contributed by atoms with Crippen molar-refractivity contribution in [1.82, 2.24) is 4.98 Å². The number of aromatic nitrogens is 1. The van der Waals surface area contributed by atoms with Crippen molar-refractivity contribution in [3.63, 3.8) is 0 Å². The molecule has 7 heteroatoms. The van der Waals surface area contributed by atoms with Crippen molar-refractivity contribution in [2.24, 2.45) is 0 Å². The topological polar surface area (TPSA) is 104 Å². The molecule has 0 aliphatic heterocycles. The van der Waals surface area contributed by atoms with E-state index < -0.39 is 0 Å². The van der Waals surface area contributed by atoms with Crippen LogP contribution in [-0.4, -0.2) is 16.8 Å². The lowest BCUT2D eigenvalue weighted by atomic mass is 10.1. The summed E-state index contributed by atoms with van der Waals surface area (Å²) in [6.45, 7) is 3.71. The van der Waals surface area contributed by atoms with Gasteiger partial charge in [-0.1, -0.05) is 24.3 Å². The number of benzene rings is 3. The van der Waals surface area contributed by atoms with E-state index in [1.54, 1.807) is 79.0 Å². The molecule has 2 N–H and O–H groups in total. The van der Waals surface area contributed by atoms with Crippen LogP contribution in [0.25, 0.3) is 0 Å². The van der Waals surface area contributed by atoms with Crippen LogP contribution < -0.4 is 15.4 Å². The quantitative estimate of drug-likeness (QED) is 0.373. The summed E-state index contributed by atoms with van der Waals surface area (Å²) >= 11 is 0. The van der Waals surface area contributed by atoms with Crippen molar-refractivity contribution < 1.29 is 14.3 Å². The fourth-order valence-corrected chi connectivity index (χ4v) is 3.39. The minimum Gasteiger partial charge on any atom is -0.438 e. The summed E-state index contributed by atoms with van der Waals surface area (Å²) in [6.07, 6.45) is 1.55. The number of anilines is 2. The van der Waals surface area contributed by atoms with Crippen LogP contribution in [0.3, 0.4) is 0 Å². The van der Waals surface area contributed by atoms with Crippen LogP contribution in [0.2, 0.25) is 0 Å². The molecule has 0 bridgehead atoms. The molecule has 1 heterocycles. The molecule has 0 aliphatic carbocycles. The maximum Gasteiger partial charge on any atom is 0.255 e. The Hall–Kier alpha value is -4.96. The third-order valence-electron chi connectivity index (χ3n) is 5.34. The summed E-state index contributed by atoms with van der Waals surface area (Å²) in [5.74, 6) is 0.159. The maximum atomic E-state index is 12.9. The highest BCUT2D eigenvalue weighted by Crippen LogP contribution is 2.27. The number of pyridine rings is 1. The summed E-state index contributed by atoms with van der Waals surface area (Å²) in [6, 6.07) is 24.6. The Bertz CT molecular complexity index is 1440. The molecule has 3 aromatic carbocycles. The first-order chi connectivity index (χ1) is 16.9. The first kappa shape index (κ1) is 23.2. The predicted molar refractivity (Wildman–Crippen MR) is 134 cm³/mol. The number of nitrogens with one attached hydrogen (secondary N) is 2. The van der Waals surface area contributed by atoms with Crippen molar-refractivity contribution in [3.8, 4) is 17.7 Å². The van der Waals surface area contributed by atoms with Gasteiger partial charge in [0.1, 0.15) is 17.4 Å². The third-order valence-corrected chi connectivity index (χ3v) is 5.34. The number of ether oxygens (including phenoxy) is 1. The number of hydrogen-bond acceptors (Lipinski definition) is 5. The smallest absolute Gasteiger partial charge is 0.255 e. The van der Waals surface area contributed by atoms with Gasteiger partial charge in [0.05, 0.1) is 0 Å². The van der Waals surface area contributed by atoms with Gasteiger partial charge in [-0.25, -0.2) is 4.98 Å². The van der Waals surface area contributed by atoms with Gasteiger partial charge < -0.3 is 15.4 Å². The molecule has 0 fully saturated rings. The molecule has 4 rings (SSSR count). The monoisotopic (exact) mass is 462 g/mol. The number of nitrogens with zero attached hydrogens (tertiary/aromatic N) is 2. The van der Waals surface area contributed by atoms with E-state index in [1.165, 1.54) is 0 Å². The zero-order chi connectivity index (χ0) is 24.8. The molecule has 2 amide bonds. The van der Waals surface area contributed by atoms with Crippen LogP contribution in [0.15, 0.2) is 85.1 Å². The molecule has 7 nitrogen and oxygen atoms in total. The zero-order valence-corrected chi connectivity index (χ0v) is 19.2. The number of amides is 2. The van der Waals surface area contributed by atoms with Gasteiger partial charge in [0.15, 0.2) is 0 Å². The average molecular weight is 463 g/mol. The van der Waals surface area contributed by atoms with E-state index in [0.717, 1.165) is 11.1 Å². The summed E-state index contributed by atoms with van der Waals surface area (Å²) in [7, 11) is 0. The average Bonchev–Trinajstić information content (AvgIpc) is 2.87. The SMILES string of the molecule is Cc1cc(Oc2ncccc2C#N)ccc1NC(=O)c1ccc(C)c(NC(=O)c2ccccc2)c1. The summed E-state index contributed by atoms with van der Waals surface area (Å²) in [5.41, 5.74) is 4.06. The minimum atomic E-state index is -0.312. The first-order valence-electron chi connectivity index (χ1n) is 10.9. The molecule has 0 atom stereocenters. The Balaban J connectivity index is 1.48. The molecule has 0 aliphatic rings. The molecule has 1 aromatic heterocycles. The lowest BCUT2D eigenvalue weighted by Gasteiger charge is -2.13. The highest BCUT2D eigenvalue weighted by Gasteiger charge is 2.13. The third kappa shape index (κ3) is 5.52. The van der Waals surface area contributed by atoms with E-state index in [9.17, 15) is 14.9 Å². The highest BCUT2D eigenvalue weighted by atomic mass is 16.5. The molecule has 0 radical (unpaired) electrons. The van der Waals surface area contributed by atoms with Crippen LogP contribution >= 0.6 is 0 Å². The van der Waals surface area contributed by atoms with Crippen LogP contribution in [0.5, 0.6) is 11.6 Å². The second-order valence-corrected chi connectivity index (χ2v) is 7.85. The van der Waals surface area contributed by atoms with E-state index >= 15 is 0 Å². The van der Waals surface area contributed by atoms with Crippen LogP contribution in [0, 0.1) is 25.2 Å². The Morgan fingerprint density at radius 3 is 2.29 bits per heavy atom. The second kappa shape index (κ2) is 10.3. The van der Waals surface area contributed by atoms with Gasteiger partial charge in [0.25, 0.3) is 11.8 Å². The van der Waals surface area contributed by atoms with Gasteiger partial charge in [0, 0.05) is 28.7 Å². The van der Waals surface area contributed by atoms with Gasteiger partial charge in [-0.2, -0.15) is 5.26 Å². The van der Waals surface area contributed by atoms with E-state index in [-0.39, 0.29) is 17.7 Å². The Morgan fingerprint density at radius 2 is 1.54 bits per heavy atom. The van der Waals surface area contributed by atoms with Crippen molar-refractivity contribution in [2.45, 2.75) is 13.8 Å². The van der Waals surface area contributed by atoms with Crippen molar-refractivity contribution >= 4 is 23.2 Å². The molecule has 0 saturated carbocycles. The predicted octanol–water partition coefficient (Wildman–Crippen LogP) is 5.87. The van der Waals surface area contributed by atoms with Crippen LogP contribution in [0.1, 0.15) is 37.4 Å². The van der Waals surface area contributed by atoms with Gasteiger partial charge in [-0.3, -0.25) is 9.59 Å². The van der Waals surface area contributed by atoms with Gasteiger partial charge >= 0.3 is 0 Å². The standard InChI is InChI=1S/C28H22N4O3/c1-18-10-11-21(16-25(18)32-26(33)20-7-4-3-5-8-20)27(34)31-24-13-12-23(15-19(24)2)35-28-22(17-29)9-6-14-30-28/h3-16H,1-2H3,(H,31,34)(H,32,33). The Kier molecular flexibility index (Phi) is 6.84. The second-order valence-electron chi connectivity index (χ2n) is 7.85. The van der Waals surface area contributed by atoms with E-state index in [1.807, 2.05) is 26.0 Å². The fourth-order valence-electron chi connectivity index (χ4n) is 3.39. The number of rotatable bonds is 6. The maximum absolute atomic E-state index is 12.9.